The molecule has 0 fully saturated rings. The fraction of sp³-hybridized carbons (Fsp3) is 0.444. The first-order valence-corrected chi connectivity index (χ1v) is 5.10. The van der Waals surface area contributed by atoms with Crippen LogP contribution in [0.15, 0.2) is 12.1 Å². The monoisotopic (exact) mass is 265 g/mol. The predicted octanol–water partition coefficient (Wildman–Crippen LogP) is 0.830. The van der Waals surface area contributed by atoms with Crippen molar-refractivity contribution in [3.8, 4) is 0 Å². The van der Waals surface area contributed by atoms with Gasteiger partial charge in [0.2, 0.25) is 0 Å². The molecule has 0 atom stereocenters. The number of carbonyl (C=O) groups is 1. The molecule has 0 bridgehead atoms. The predicted molar refractivity (Wildman–Crippen MR) is 56.0 cm³/mol. The van der Waals surface area contributed by atoms with Crippen molar-refractivity contribution in [1.29, 1.82) is 0 Å². The standard InChI is InChI=1S/C9H10ClF2N3O2/c10-7-2-1-6(13-14-7)9(17)15(3-4-16)5-8(11)12/h1-2,8,16H,3-5H2. The van der Waals surface area contributed by atoms with Gasteiger partial charge in [0.1, 0.15) is 0 Å². The summed E-state index contributed by atoms with van der Waals surface area (Å²) in [7, 11) is 0. The maximum Gasteiger partial charge on any atom is 0.274 e. The van der Waals surface area contributed by atoms with Gasteiger partial charge in [-0.05, 0) is 12.1 Å². The Morgan fingerprint density at radius 1 is 1.47 bits per heavy atom. The van der Waals surface area contributed by atoms with Crippen molar-refractivity contribution >= 4 is 17.5 Å². The molecule has 94 valence electrons. The minimum atomic E-state index is -2.68. The Morgan fingerprint density at radius 3 is 2.65 bits per heavy atom. The van der Waals surface area contributed by atoms with Gasteiger partial charge in [0.25, 0.3) is 12.3 Å². The third-order valence-electron chi connectivity index (χ3n) is 1.87. The summed E-state index contributed by atoms with van der Waals surface area (Å²) in [6.07, 6.45) is -2.68. The molecule has 0 aliphatic rings. The minimum absolute atomic E-state index is 0.0940. The molecule has 0 saturated carbocycles. The largest absolute Gasteiger partial charge is 0.395 e. The second-order valence-electron chi connectivity index (χ2n) is 3.11. The van der Waals surface area contributed by atoms with Crippen molar-refractivity contribution in [3.63, 3.8) is 0 Å². The second-order valence-corrected chi connectivity index (χ2v) is 3.49. The number of aliphatic hydroxyl groups is 1. The molecule has 1 amide bonds. The molecule has 17 heavy (non-hydrogen) atoms. The van der Waals surface area contributed by atoms with Crippen LogP contribution in [0.3, 0.4) is 0 Å². The van der Waals surface area contributed by atoms with Crippen molar-refractivity contribution in [2.24, 2.45) is 0 Å². The van der Waals surface area contributed by atoms with E-state index in [1.165, 1.54) is 12.1 Å². The lowest BCUT2D eigenvalue weighted by Crippen LogP contribution is -2.37. The van der Waals surface area contributed by atoms with Crippen LogP contribution in [0.1, 0.15) is 10.5 Å². The minimum Gasteiger partial charge on any atom is -0.395 e. The topological polar surface area (TPSA) is 66.3 Å². The number of hydrogen-bond donors (Lipinski definition) is 1. The molecular formula is C9H10ClF2N3O2. The highest BCUT2D eigenvalue weighted by atomic mass is 35.5. The molecule has 0 aliphatic carbocycles. The number of aromatic nitrogens is 2. The van der Waals surface area contributed by atoms with Crippen LogP contribution in [0.4, 0.5) is 8.78 Å². The lowest BCUT2D eigenvalue weighted by atomic mass is 10.3. The molecule has 0 aromatic carbocycles. The summed E-state index contributed by atoms with van der Waals surface area (Å²) in [5.41, 5.74) is -0.0940. The molecule has 1 rings (SSSR count). The van der Waals surface area contributed by atoms with Crippen LogP contribution in [-0.2, 0) is 0 Å². The van der Waals surface area contributed by atoms with Gasteiger partial charge >= 0.3 is 0 Å². The van der Waals surface area contributed by atoms with E-state index < -0.39 is 25.5 Å². The van der Waals surface area contributed by atoms with Gasteiger partial charge in [-0.1, -0.05) is 11.6 Å². The fourth-order valence-electron chi connectivity index (χ4n) is 1.16. The average molecular weight is 266 g/mol. The first-order valence-electron chi connectivity index (χ1n) is 4.72. The van der Waals surface area contributed by atoms with Gasteiger partial charge in [0, 0.05) is 6.54 Å². The summed E-state index contributed by atoms with van der Waals surface area (Å²) in [4.78, 5) is 12.5. The third kappa shape index (κ3) is 4.20. The Hall–Kier alpha value is -1.34. The van der Waals surface area contributed by atoms with Crippen LogP contribution in [0.5, 0.6) is 0 Å². The Balaban J connectivity index is 2.79. The maximum absolute atomic E-state index is 12.2. The average Bonchev–Trinajstić information content (AvgIpc) is 2.28. The Labute approximate surface area is 101 Å². The second kappa shape index (κ2) is 6.41. The van der Waals surface area contributed by atoms with E-state index in [0.717, 1.165) is 4.90 Å². The van der Waals surface area contributed by atoms with Crippen LogP contribution in [-0.4, -0.2) is 52.2 Å². The molecule has 8 heteroatoms. The van der Waals surface area contributed by atoms with Gasteiger partial charge in [-0.15, -0.1) is 10.2 Å². The molecule has 0 saturated heterocycles. The van der Waals surface area contributed by atoms with Gasteiger partial charge in [0.05, 0.1) is 13.2 Å². The zero-order chi connectivity index (χ0) is 12.8. The summed E-state index contributed by atoms with van der Waals surface area (Å²) < 4.78 is 24.4. The molecule has 0 radical (unpaired) electrons. The first-order chi connectivity index (χ1) is 8.04. The number of amides is 1. The molecule has 5 nitrogen and oxygen atoms in total. The van der Waals surface area contributed by atoms with Crippen molar-refractivity contribution in [1.82, 2.24) is 15.1 Å². The van der Waals surface area contributed by atoms with Crippen molar-refractivity contribution in [2.75, 3.05) is 19.7 Å². The summed E-state index contributed by atoms with van der Waals surface area (Å²) >= 11 is 5.48. The molecule has 1 N–H and O–H groups in total. The maximum atomic E-state index is 12.2. The van der Waals surface area contributed by atoms with E-state index in [-0.39, 0.29) is 17.4 Å². The Bertz CT molecular complexity index is 375. The molecular weight excluding hydrogens is 256 g/mol. The van der Waals surface area contributed by atoms with Crippen LogP contribution in [0, 0.1) is 0 Å². The van der Waals surface area contributed by atoms with Gasteiger partial charge in [-0.2, -0.15) is 0 Å². The van der Waals surface area contributed by atoms with Crippen LogP contribution in [0.25, 0.3) is 0 Å². The fourth-order valence-corrected chi connectivity index (χ4v) is 1.26. The van der Waals surface area contributed by atoms with E-state index in [0.29, 0.717) is 0 Å². The van der Waals surface area contributed by atoms with Crippen LogP contribution >= 0.6 is 11.6 Å². The summed E-state index contributed by atoms with van der Waals surface area (Å²) in [5, 5.41) is 15.7. The summed E-state index contributed by atoms with van der Waals surface area (Å²) in [6, 6.07) is 2.62. The van der Waals surface area contributed by atoms with Crippen LogP contribution < -0.4 is 0 Å². The lowest BCUT2D eigenvalue weighted by molar-refractivity contribution is 0.0503. The van der Waals surface area contributed by atoms with Crippen molar-refractivity contribution in [2.45, 2.75) is 6.43 Å². The molecule has 1 heterocycles. The summed E-state index contributed by atoms with van der Waals surface area (Å²) in [6.45, 7) is -1.35. The number of nitrogens with zero attached hydrogens (tertiary/aromatic N) is 3. The molecule has 0 aliphatic heterocycles. The molecule has 0 spiro atoms. The van der Waals surface area contributed by atoms with E-state index in [4.69, 9.17) is 16.7 Å². The number of rotatable bonds is 5. The number of aliphatic hydroxyl groups excluding tert-OH is 1. The third-order valence-corrected chi connectivity index (χ3v) is 2.07. The van der Waals surface area contributed by atoms with Crippen LogP contribution in [0.2, 0.25) is 5.15 Å². The molecule has 1 aromatic rings. The highest BCUT2D eigenvalue weighted by Gasteiger charge is 2.20. The lowest BCUT2D eigenvalue weighted by Gasteiger charge is -2.20. The van der Waals surface area contributed by atoms with E-state index >= 15 is 0 Å². The first kappa shape index (κ1) is 13.7. The zero-order valence-corrected chi connectivity index (χ0v) is 9.44. The van der Waals surface area contributed by atoms with E-state index in [2.05, 4.69) is 10.2 Å². The number of hydrogen-bond acceptors (Lipinski definition) is 4. The SMILES string of the molecule is O=C(c1ccc(Cl)nn1)N(CCO)CC(F)F. The molecule has 1 aromatic heterocycles. The highest BCUT2D eigenvalue weighted by molar-refractivity contribution is 6.29. The molecule has 0 unspecified atom stereocenters. The smallest absolute Gasteiger partial charge is 0.274 e. The van der Waals surface area contributed by atoms with E-state index in [9.17, 15) is 13.6 Å². The number of halogens is 3. The summed E-state index contributed by atoms with van der Waals surface area (Å²) in [5.74, 6) is -0.719. The zero-order valence-electron chi connectivity index (χ0n) is 8.68. The van der Waals surface area contributed by atoms with Gasteiger partial charge < -0.3 is 10.0 Å². The van der Waals surface area contributed by atoms with Crippen molar-refractivity contribution in [3.05, 3.63) is 23.0 Å². The normalized spacial score (nSPS) is 10.6. The Kier molecular flexibility index (Phi) is 5.17. The Morgan fingerprint density at radius 2 is 2.18 bits per heavy atom. The number of carbonyl (C=O) groups excluding carboxylic acids is 1. The van der Waals surface area contributed by atoms with Gasteiger partial charge in [0.15, 0.2) is 10.8 Å². The van der Waals surface area contributed by atoms with Gasteiger partial charge in [-0.3, -0.25) is 4.79 Å². The van der Waals surface area contributed by atoms with Gasteiger partial charge in [-0.25, -0.2) is 8.78 Å². The quantitative estimate of drug-likeness (QED) is 0.856. The van der Waals surface area contributed by atoms with Crippen molar-refractivity contribution < 1.29 is 18.7 Å². The number of alkyl halides is 2. The van der Waals surface area contributed by atoms with E-state index in [1.807, 2.05) is 0 Å². The highest BCUT2D eigenvalue weighted by Crippen LogP contribution is 2.07. The van der Waals surface area contributed by atoms with E-state index in [1.54, 1.807) is 0 Å².